The molecule has 0 fully saturated rings. The molecule has 0 aliphatic heterocycles. The fraction of sp³-hybridized carbons (Fsp3) is 0.348. The zero-order valence-corrected chi connectivity index (χ0v) is 18.4. The van der Waals surface area contributed by atoms with Crippen LogP contribution in [-0.2, 0) is 11.3 Å². The number of amides is 1. The maximum atomic E-state index is 12.6. The third-order valence-corrected chi connectivity index (χ3v) is 4.79. The first-order valence-electron chi connectivity index (χ1n) is 10.0. The number of ether oxygens (including phenoxy) is 3. The maximum absolute atomic E-state index is 12.6. The van der Waals surface area contributed by atoms with Crippen LogP contribution in [0.3, 0.4) is 0 Å². The lowest BCUT2D eigenvalue weighted by Crippen LogP contribution is -2.37. The molecule has 1 aromatic heterocycles. The predicted octanol–water partition coefficient (Wildman–Crippen LogP) is 3.84. The highest BCUT2D eigenvalue weighted by Gasteiger charge is 2.20. The van der Waals surface area contributed by atoms with Gasteiger partial charge >= 0.3 is 0 Å². The van der Waals surface area contributed by atoms with Gasteiger partial charge in [0.05, 0.1) is 26.3 Å². The van der Waals surface area contributed by atoms with Crippen molar-refractivity contribution in [3.05, 3.63) is 53.4 Å². The van der Waals surface area contributed by atoms with Crippen molar-refractivity contribution in [1.29, 1.82) is 0 Å². The summed E-state index contributed by atoms with van der Waals surface area (Å²) in [6, 6.07) is 11.2. The molecule has 8 nitrogen and oxygen atoms in total. The van der Waals surface area contributed by atoms with Crippen molar-refractivity contribution in [1.82, 2.24) is 15.5 Å². The fourth-order valence-electron chi connectivity index (χ4n) is 3.10. The minimum Gasteiger partial charge on any atom is -0.497 e. The van der Waals surface area contributed by atoms with E-state index in [2.05, 4.69) is 15.5 Å². The second-order valence-corrected chi connectivity index (χ2v) is 7.08. The number of hydrogen-bond donors (Lipinski definition) is 1. The molecule has 0 saturated heterocycles. The first-order chi connectivity index (χ1) is 14.9. The van der Waals surface area contributed by atoms with E-state index < -0.39 is 6.10 Å². The highest BCUT2D eigenvalue weighted by atomic mass is 16.5. The molecule has 0 saturated carbocycles. The van der Waals surface area contributed by atoms with E-state index in [-0.39, 0.29) is 18.3 Å². The van der Waals surface area contributed by atoms with Crippen LogP contribution in [0, 0.1) is 13.8 Å². The summed E-state index contributed by atoms with van der Waals surface area (Å²) >= 11 is 0. The van der Waals surface area contributed by atoms with Gasteiger partial charge in [0.2, 0.25) is 11.7 Å². The summed E-state index contributed by atoms with van der Waals surface area (Å²) in [5, 5.41) is 6.79. The van der Waals surface area contributed by atoms with Gasteiger partial charge in [-0.25, -0.2) is 0 Å². The second kappa shape index (κ2) is 9.97. The molecule has 0 bridgehead atoms. The lowest BCUT2D eigenvalue weighted by Gasteiger charge is -2.18. The van der Waals surface area contributed by atoms with E-state index in [1.54, 1.807) is 32.4 Å². The number of benzene rings is 2. The van der Waals surface area contributed by atoms with Crippen LogP contribution >= 0.6 is 0 Å². The summed E-state index contributed by atoms with van der Waals surface area (Å²) in [6.07, 6.45) is -0.0948. The zero-order valence-electron chi connectivity index (χ0n) is 18.4. The van der Waals surface area contributed by atoms with E-state index in [0.29, 0.717) is 35.1 Å². The van der Waals surface area contributed by atoms with Gasteiger partial charge in [-0.15, -0.1) is 0 Å². The Bertz CT molecular complexity index is 1050. The van der Waals surface area contributed by atoms with Gasteiger partial charge in [-0.05, 0) is 44.0 Å². The topological polar surface area (TPSA) is 95.7 Å². The highest BCUT2D eigenvalue weighted by Crippen LogP contribution is 2.31. The molecule has 31 heavy (non-hydrogen) atoms. The Morgan fingerprint density at radius 3 is 2.58 bits per heavy atom. The number of nitrogens with one attached hydrogen (secondary N) is 1. The highest BCUT2D eigenvalue weighted by molar-refractivity contribution is 5.81. The number of hydrogen-bond acceptors (Lipinski definition) is 7. The van der Waals surface area contributed by atoms with Gasteiger partial charge in [0, 0.05) is 6.07 Å². The molecular formula is C23H27N3O5. The van der Waals surface area contributed by atoms with Crippen LogP contribution < -0.4 is 19.5 Å². The van der Waals surface area contributed by atoms with E-state index in [4.69, 9.17) is 18.7 Å². The van der Waals surface area contributed by atoms with E-state index in [9.17, 15) is 4.79 Å². The van der Waals surface area contributed by atoms with Crippen molar-refractivity contribution in [3.63, 3.8) is 0 Å². The second-order valence-electron chi connectivity index (χ2n) is 7.08. The molecule has 0 spiro atoms. The normalized spacial score (nSPS) is 11.6. The van der Waals surface area contributed by atoms with Gasteiger partial charge in [-0.1, -0.05) is 29.8 Å². The predicted molar refractivity (Wildman–Crippen MR) is 115 cm³/mol. The summed E-state index contributed by atoms with van der Waals surface area (Å²) in [4.78, 5) is 17.0. The van der Waals surface area contributed by atoms with E-state index in [1.165, 1.54) is 0 Å². The van der Waals surface area contributed by atoms with Crippen LogP contribution in [0.5, 0.6) is 17.2 Å². The first kappa shape index (κ1) is 22.1. The molecule has 3 aromatic rings. The lowest BCUT2D eigenvalue weighted by atomic mass is 10.1. The van der Waals surface area contributed by atoms with Crippen molar-refractivity contribution in [3.8, 4) is 28.6 Å². The summed E-state index contributed by atoms with van der Waals surface area (Å²) in [5.74, 6) is 2.31. The Labute approximate surface area is 181 Å². The molecule has 3 rings (SSSR count). The standard InChI is InChI=1S/C23H27N3O5/c1-6-18(30-19-10-7-14(2)11-15(19)3)23(27)24-13-21-25-22(26-31-21)17-9-8-16(28-4)12-20(17)29-5/h7-12,18H,6,13H2,1-5H3,(H,24,27)/t18-/m1/s1. The van der Waals surface area contributed by atoms with Gasteiger partial charge in [0.25, 0.3) is 5.91 Å². The number of rotatable bonds is 9. The smallest absolute Gasteiger partial charge is 0.261 e. The minimum absolute atomic E-state index is 0.0943. The SMILES string of the molecule is CC[C@@H](Oc1ccc(C)cc1C)C(=O)NCc1nc(-c2ccc(OC)cc2OC)no1. The summed E-state index contributed by atoms with van der Waals surface area (Å²) in [5.41, 5.74) is 2.79. The first-order valence-corrected chi connectivity index (χ1v) is 10.0. The zero-order chi connectivity index (χ0) is 22.4. The number of aryl methyl sites for hydroxylation is 2. The fourth-order valence-corrected chi connectivity index (χ4v) is 3.10. The molecule has 1 N–H and O–H groups in total. The van der Waals surface area contributed by atoms with E-state index >= 15 is 0 Å². The van der Waals surface area contributed by atoms with Crippen molar-refractivity contribution < 1.29 is 23.5 Å². The average Bonchev–Trinajstić information content (AvgIpc) is 3.25. The Hall–Kier alpha value is -3.55. The van der Waals surface area contributed by atoms with Crippen LogP contribution in [-0.4, -0.2) is 36.4 Å². The van der Waals surface area contributed by atoms with Crippen molar-refractivity contribution >= 4 is 5.91 Å². The molecule has 164 valence electrons. The minimum atomic E-state index is -0.620. The third kappa shape index (κ3) is 5.33. The molecule has 0 unspecified atom stereocenters. The van der Waals surface area contributed by atoms with Crippen LogP contribution in [0.4, 0.5) is 0 Å². The van der Waals surface area contributed by atoms with Crippen LogP contribution in [0.2, 0.25) is 0 Å². The molecule has 1 amide bonds. The average molecular weight is 425 g/mol. The Kier molecular flexibility index (Phi) is 7.12. The summed E-state index contributed by atoms with van der Waals surface area (Å²) in [6.45, 7) is 5.97. The van der Waals surface area contributed by atoms with Gasteiger partial charge in [0.1, 0.15) is 17.2 Å². The Balaban J connectivity index is 1.65. The summed E-state index contributed by atoms with van der Waals surface area (Å²) < 4.78 is 21.8. The Morgan fingerprint density at radius 2 is 1.90 bits per heavy atom. The van der Waals surface area contributed by atoms with Gasteiger partial charge in [0.15, 0.2) is 6.10 Å². The molecule has 1 heterocycles. The molecule has 0 aliphatic rings. The molecule has 1 atom stereocenters. The van der Waals surface area contributed by atoms with Gasteiger partial charge in [-0.2, -0.15) is 4.98 Å². The lowest BCUT2D eigenvalue weighted by molar-refractivity contribution is -0.128. The molecule has 0 radical (unpaired) electrons. The number of carbonyl (C=O) groups excluding carboxylic acids is 1. The number of carbonyl (C=O) groups is 1. The van der Waals surface area contributed by atoms with Gasteiger partial charge in [-0.3, -0.25) is 4.79 Å². The van der Waals surface area contributed by atoms with Crippen molar-refractivity contribution in [2.75, 3.05) is 14.2 Å². The monoisotopic (exact) mass is 425 g/mol. The van der Waals surface area contributed by atoms with E-state index in [1.807, 2.05) is 39.0 Å². The third-order valence-electron chi connectivity index (χ3n) is 4.79. The van der Waals surface area contributed by atoms with Gasteiger partial charge < -0.3 is 24.1 Å². The van der Waals surface area contributed by atoms with E-state index in [0.717, 1.165) is 11.1 Å². The molecule has 2 aromatic carbocycles. The Morgan fingerprint density at radius 1 is 1.10 bits per heavy atom. The number of aromatic nitrogens is 2. The molecule has 8 heteroatoms. The van der Waals surface area contributed by atoms with Crippen LogP contribution in [0.15, 0.2) is 40.9 Å². The van der Waals surface area contributed by atoms with Crippen LogP contribution in [0.1, 0.15) is 30.4 Å². The van der Waals surface area contributed by atoms with Crippen molar-refractivity contribution in [2.45, 2.75) is 39.8 Å². The molecule has 0 aliphatic carbocycles. The van der Waals surface area contributed by atoms with Crippen LogP contribution in [0.25, 0.3) is 11.4 Å². The summed E-state index contributed by atoms with van der Waals surface area (Å²) in [7, 11) is 3.14. The molecular weight excluding hydrogens is 398 g/mol. The number of methoxy groups -OCH3 is 2. The van der Waals surface area contributed by atoms with Crippen molar-refractivity contribution in [2.24, 2.45) is 0 Å². The quantitative estimate of drug-likeness (QED) is 0.556. The largest absolute Gasteiger partial charge is 0.497 e. The number of nitrogens with zero attached hydrogens (tertiary/aromatic N) is 2. The maximum Gasteiger partial charge on any atom is 0.261 e.